The number of carbonyl (C=O) groups excluding carboxylic acids is 1. The summed E-state index contributed by atoms with van der Waals surface area (Å²) in [5.74, 6) is 0.170. The number of benzene rings is 2. The summed E-state index contributed by atoms with van der Waals surface area (Å²) in [6.45, 7) is 8.78. The Bertz CT molecular complexity index is 827. The van der Waals surface area contributed by atoms with E-state index < -0.39 is 0 Å². The van der Waals surface area contributed by atoms with E-state index in [1.165, 1.54) is 48.1 Å². The van der Waals surface area contributed by atoms with Crippen LogP contribution in [0.1, 0.15) is 72.5 Å². The number of Topliss-reactive ketones (excluding diaryl/α,β-unsaturated/α-hetero) is 1. The second-order valence-corrected chi connectivity index (χ2v) is 8.21. The average molecular weight is 376 g/mol. The molecule has 0 radical (unpaired) electrons. The summed E-state index contributed by atoms with van der Waals surface area (Å²) >= 11 is 0. The van der Waals surface area contributed by atoms with Crippen molar-refractivity contribution < 1.29 is 4.79 Å². The zero-order valence-corrected chi connectivity index (χ0v) is 17.8. The molecule has 148 valence electrons. The number of unbranched alkanes of at least 4 members (excludes halogenated alkanes) is 3. The highest BCUT2D eigenvalue weighted by Crippen LogP contribution is 2.36. The van der Waals surface area contributed by atoms with Gasteiger partial charge >= 0.3 is 0 Å². The molecule has 0 bridgehead atoms. The van der Waals surface area contributed by atoms with Crippen LogP contribution in [0.3, 0.4) is 0 Å². The van der Waals surface area contributed by atoms with Gasteiger partial charge in [0.15, 0.2) is 5.78 Å². The van der Waals surface area contributed by atoms with Crippen molar-refractivity contribution in [2.45, 2.75) is 72.3 Å². The van der Waals surface area contributed by atoms with Crippen LogP contribution in [0.15, 0.2) is 54.2 Å². The van der Waals surface area contributed by atoms with Crippen molar-refractivity contribution in [1.29, 1.82) is 0 Å². The second-order valence-electron chi connectivity index (χ2n) is 8.21. The topological polar surface area (TPSA) is 20.3 Å². The van der Waals surface area contributed by atoms with Crippen LogP contribution in [0.2, 0.25) is 0 Å². The molecule has 2 heteroatoms. The fraction of sp³-hybridized carbons (Fsp3) is 0.423. The number of rotatable bonds is 8. The van der Waals surface area contributed by atoms with Crippen LogP contribution in [0.25, 0.3) is 0 Å². The Hall–Kier alpha value is -2.35. The largest absolute Gasteiger partial charge is 0.344 e. The molecule has 3 rings (SSSR count). The van der Waals surface area contributed by atoms with Crippen LogP contribution in [0.5, 0.6) is 0 Å². The summed E-state index contributed by atoms with van der Waals surface area (Å²) in [6.07, 6.45) is 9.14. The molecule has 2 aromatic rings. The number of hydrogen-bond donors (Lipinski definition) is 0. The molecule has 1 aliphatic rings. The highest BCUT2D eigenvalue weighted by atomic mass is 16.1. The molecule has 0 saturated heterocycles. The SMILES string of the molecule is CCCCCCC1CC(C(=O)c2ccccc2)=CN1c1c(C)cc(C)cc1C. The van der Waals surface area contributed by atoms with Crippen molar-refractivity contribution in [2.75, 3.05) is 4.90 Å². The number of ketones is 1. The average Bonchev–Trinajstić information content (AvgIpc) is 3.08. The summed E-state index contributed by atoms with van der Waals surface area (Å²) in [6, 6.07) is 14.6. The highest BCUT2D eigenvalue weighted by molar-refractivity contribution is 6.09. The third kappa shape index (κ3) is 4.55. The predicted molar refractivity (Wildman–Crippen MR) is 119 cm³/mol. The number of anilines is 1. The van der Waals surface area contributed by atoms with Crippen molar-refractivity contribution in [1.82, 2.24) is 0 Å². The maximum atomic E-state index is 13.1. The minimum atomic E-state index is 0.170. The normalized spacial score (nSPS) is 16.4. The van der Waals surface area contributed by atoms with Crippen LogP contribution >= 0.6 is 0 Å². The van der Waals surface area contributed by atoms with Gasteiger partial charge in [-0.2, -0.15) is 0 Å². The van der Waals surface area contributed by atoms with E-state index in [0.29, 0.717) is 6.04 Å². The van der Waals surface area contributed by atoms with Gasteiger partial charge in [0.2, 0.25) is 0 Å². The van der Waals surface area contributed by atoms with Gasteiger partial charge in [-0.1, -0.05) is 80.6 Å². The first kappa shape index (κ1) is 20.4. The Labute approximate surface area is 170 Å². The molecule has 1 heterocycles. The Kier molecular flexibility index (Phi) is 6.72. The molecule has 1 atom stereocenters. The summed E-state index contributed by atoms with van der Waals surface area (Å²) in [5.41, 5.74) is 6.88. The first-order chi connectivity index (χ1) is 13.5. The fourth-order valence-corrected chi connectivity index (χ4v) is 4.48. The zero-order valence-electron chi connectivity index (χ0n) is 17.8. The van der Waals surface area contributed by atoms with Crippen molar-refractivity contribution in [3.8, 4) is 0 Å². The molecular formula is C26H33NO. The van der Waals surface area contributed by atoms with Crippen molar-refractivity contribution in [3.05, 3.63) is 76.5 Å². The molecule has 28 heavy (non-hydrogen) atoms. The van der Waals surface area contributed by atoms with Crippen molar-refractivity contribution >= 4 is 11.5 Å². The van der Waals surface area contributed by atoms with Gasteiger partial charge in [0.05, 0.1) is 0 Å². The number of nitrogens with zero attached hydrogens (tertiary/aromatic N) is 1. The van der Waals surface area contributed by atoms with Crippen LogP contribution in [0, 0.1) is 20.8 Å². The van der Waals surface area contributed by atoms with E-state index in [1.807, 2.05) is 30.3 Å². The number of carbonyl (C=O) groups is 1. The highest BCUT2D eigenvalue weighted by Gasteiger charge is 2.30. The van der Waals surface area contributed by atoms with Gasteiger partial charge in [0.1, 0.15) is 0 Å². The molecule has 0 fully saturated rings. The quantitative estimate of drug-likeness (QED) is 0.368. The third-order valence-electron chi connectivity index (χ3n) is 5.76. The molecule has 0 aliphatic carbocycles. The zero-order chi connectivity index (χ0) is 20.1. The van der Waals surface area contributed by atoms with E-state index in [1.54, 1.807) is 0 Å². The molecule has 1 unspecified atom stereocenters. The summed E-state index contributed by atoms with van der Waals surface area (Å²) in [7, 11) is 0. The monoisotopic (exact) mass is 375 g/mol. The van der Waals surface area contributed by atoms with Crippen molar-refractivity contribution in [2.24, 2.45) is 0 Å². The van der Waals surface area contributed by atoms with Gasteiger partial charge < -0.3 is 4.90 Å². The second kappa shape index (κ2) is 9.23. The summed E-state index contributed by atoms with van der Waals surface area (Å²) in [5, 5.41) is 0. The van der Waals surface area contributed by atoms with E-state index in [-0.39, 0.29) is 5.78 Å². The van der Waals surface area contributed by atoms with Crippen LogP contribution < -0.4 is 4.90 Å². The molecule has 0 spiro atoms. The maximum Gasteiger partial charge on any atom is 0.190 e. The smallest absolute Gasteiger partial charge is 0.190 e. The maximum absolute atomic E-state index is 13.1. The lowest BCUT2D eigenvalue weighted by Crippen LogP contribution is -2.27. The molecule has 0 amide bonds. The lowest BCUT2D eigenvalue weighted by molar-refractivity contribution is 0.103. The van der Waals surface area contributed by atoms with Gasteiger partial charge in [-0.3, -0.25) is 4.79 Å². The standard InChI is InChI=1S/C26H33NO/c1-5-6-7-11-14-24-17-23(26(28)22-12-9-8-10-13-22)18-27(24)25-20(3)15-19(2)16-21(25)4/h8-10,12-13,15-16,18,24H,5-7,11,14,17H2,1-4H3. The molecule has 2 nitrogen and oxygen atoms in total. The molecule has 1 aliphatic heterocycles. The summed E-state index contributed by atoms with van der Waals surface area (Å²) < 4.78 is 0. The first-order valence-corrected chi connectivity index (χ1v) is 10.7. The lowest BCUT2D eigenvalue weighted by atomic mass is 9.97. The first-order valence-electron chi connectivity index (χ1n) is 10.7. The Balaban J connectivity index is 1.90. The van der Waals surface area contributed by atoms with E-state index in [4.69, 9.17) is 0 Å². The summed E-state index contributed by atoms with van der Waals surface area (Å²) in [4.78, 5) is 15.5. The lowest BCUT2D eigenvalue weighted by Gasteiger charge is -2.29. The number of aryl methyl sites for hydroxylation is 3. The molecule has 0 saturated carbocycles. The van der Waals surface area contributed by atoms with Crippen LogP contribution in [0.4, 0.5) is 5.69 Å². The Morgan fingerprint density at radius 3 is 2.32 bits per heavy atom. The van der Waals surface area contributed by atoms with Gasteiger partial charge in [-0.25, -0.2) is 0 Å². The molecular weight excluding hydrogens is 342 g/mol. The minimum absolute atomic E-state index is 0.170. The van der Waals surface area contributed by atoms with Gasteiger partial charge in [-0.05, 0) is 44.7 Å². The Morgan fingerprint density at radius 1 is 1.00 bits per heavy atom. The minimum Gasteiger partial charge on any atom is -0.344 e. The fourth-order valence-electron chi connectivity index (χ4n) is 4.48. The molecule has 0 aromatic heterocycles. The van der Waals surface area contributed by atoms with Crippen LogP contribution in [-0.2, 0) is 0 Å². The number of hydrogen-bond acceptors (Lipinski definition) is 2. The van der Waals surface area contributed by atoms with Gasteiger partial charge in [0.25, 0.3) is 0 Å². The van der Waals surface area contributed by atoms with Crippen molar-refractivity contribution in [3.63, 3.8) is 0 Å². The van der Waals surface area contributed by atoms with E-state index in [9.17, 15) is 4.79 Å². The predicted octanol–water partition coefficient (Wildman–Crippen LogP) is 6.93. The Morgan fingerprint density at radius 2 is 1.68 bits per heavy atom. The van der Waals surface area contributed by atoms with E-state index >= 15 is 0 Å². The van der Waals surface area contributed by atoms with E-state index in [0.717, 1.165) is 24.0 Å². The third-order valence-corrected chi connectivity index (χ3v) is 5.76. The van der Waals surface area contributed by atoms with Gasteiger partial charge in [-0.15, -0.1) is 0 Å². The molecule has 0 N–H and O–H groups in total. The molecule has 2 aromatic carbocycles. The van der Waals surface area contributed by atoms with E-state index in [2.05, 4.69) is 50.9 Å². The van der Waals surface area contributed by atoms with Crippen LogP contribution in [-0.4, -0.2) is 11.8 Å². The van der Waals surface area contributed by atoms with Gasteiger partial charge in [0, 0.05) is 29.1 Å².